The van der Waals surface area contributed by atoms with Crippen molar-refractivity contribution in [3.8, 4) is 0 Å². The van der Waals surface area contributed by atoms with E-state index >= 15 is 0 Å². The van der Waals surface area contributed by atoms with E-state index in [4.69, 9.17) is 5.84 Å². The van der Waals surface area contributed by atoms with Crippen LogP contribution in [0.4, 0.5) is 10.1 Å². The number of halogens is 1. The summed E-state index contributed by atoms with van der Waals surface area (Å²) in [5.41, 5.74) is 3.50. The molecule has 0 heterocycles. The van der Waals surface area contributed by atoms with Gasteiger partial charge in [0.15, 0.2) is 0 Å². The van der Waals surface area contributed by atoms with Gasteiger partial charge in [0.25, 0.3) is 0 Å². The minimum atomic E-state index is -0.332. The van der Waals surface area contributed by atoms with Crippen molar-refractivity contribution in [2.24, 2.45) is 10.8 Å². The first kappa shape index (κ1) is 10.5. The number of anilines is 1. The lowest BCUT2D eigenvalue weighted by Crippen LogP contribution is -2.36. The first-order chi connectivity index (χ1) is 6.69. The number of nitrogens with one attached hydrogen (secondary N) is 2. The Bertz CT molecular complexity index is 328. The molecule has 0 saturated carbocycles. The van der Waals surface area contributed by atoms with Gasteiger partial charge >= 0.3 is 0 Å². The number of nitrogens with zero attached hydrogens (tertiary/aromatic N) is 1. The fourth-order valence-electron chi connectivity index (χ4n) is 1.07. The fourth-order valence-corrected chi connectivity index (χ4v) is 1.07. The van der Waals surface area contributed by atoms with Gasteiger partial charge < -0.3 is 5.32 Å². The number of benzene rings is 1. The number of rotatable bonds is 1. The molecular formula is C9H13FN4. The summed E-state index contributed by atoms with van der Waals surface area (Å²) >= 11 is 0. The van der Waals surface area contributed by atoms with E-state index < -0.39 is 0 Å². The first-order valence-corrected chi connectivity index (χ1v) is 4.14. The summed E-state index contributed by atoms with van der Waals surface area (Å²) in [7, 11) is 1.55. The van der Waals surface area contributed by atoms with Crippen LogP contribution in [0.25, 0.3) is 0 Å². The van der Waals surface area contributed by atoms with Crippen LogP contribution in [0.15, 0.2) is 23.2 Å². The highest BCUT2D eigenvalue weighted by molar-refractivity contribution is 5.93. The third-order valence-electron chi connectivity index (χ3n) is 1.83. The van der Waals surface area contributed by atoms with Crippen LogP contribution in [0.5, 0.6) is 0 Å². The lowest BCUT2D eigenvalue weighted by molar-refractivity contribution is 0.631. The summed E-state index contributed by atoms with van der Waals surface area (Å²) in [6.45, 7) is 1.80. The molecule has 0 aliphatic heterocycles. The molecule has 4 nitrogen and oxygen atoms in total. The van der Waals surface area contributed by atoms with Crippen LogP contribution >= 0.6 is 0 Å². The predicted octanol–water partition coefficient (Wildman–Crippen LogP) is 0.995. The molecule has 14 heavy (non-hydrogen) atoms. The summed E-state index contributed by atoms with van der Waals surface area (Å²) in [5, 5.41) is 2.75. The number of hydrazine groups is 1. The highest BCUT2D eigenvalue weighted by Gasteiger charge is 2.06. The second kappa shape index (κ2) is 4.57. The molecule has 5 heteroatoms. The molecule has 0 atom stereocenters. The van der Waals surface area contributed by atoms with Crippen molar-refractivity contribution < 1.29 is 4.39 Å². The van der Waals surface area contributed by atoms with Gasteiger partial charge in [0.05, 0.1) is 5.69 Å². The van der Waals surface area contributed by atoms with Crippen molar-refractivity contribution in [3.63, 3.8) is 0 Å². The van der Waals surface area contributed by atoms with E-state index in [9.17, 15) is 4.39 Å². The highest BCUT2D eigenvalue weighted by Crippen LogP contribution is 2.18. The molecule has 4 N–H and O–H groups in total. The maximum Gasteiger partial charge on any atom is 0.210 e. The maximum atomic E-state index is 13.3. The summed E-state index contributed by atoms with van der Waals surface area (Å²) in [6.07, 6.45) is 0. The Labute approximate surface area is 82.0 Å². The Morgan fingerprint density at radius 2 is 2.21 bits per heavy atom. The van der Waals surface area contributed by atoms with Crippen LogP contribution < -0.4 is 16.6 Å². The number of aliphatic imine (C=N–C) groups is 1. The lowest BCUT2D eigenvalue weighted by atomic mass is 10.2. The number of hydrogen-bond donors (Lipinski definition) is 3. The molecule has 0 amide bonds. The van der Waals surface area contributed by atoms with Gasteiger partial charge in [0, 0.05) is 7.05 Å². The molecule has 0 aromatic heterocycles. The summed E-state index contributed by atoms with van der Waals surface area (Å²) in [5.74, 6) is 5.15. The Morgan fingerprint density at radius 1 is 1.50 bits per heavy atom. The largest absolute Gasteiger partial charge is 0.323 e. The standard InChI is InChI=1S/C9H13FN4/c1-6-4-3-5-7(10)8(6)13-9(12-2)14-11/h3-5H,11H2,1-2H3,(H2,12,13,14). The number of nitrogens with two attached hydrogens (primary N) is 1. The van der Waals surface area contributed by atoms with Crippen LogP contribution in [0.3, 0.4) is 0 Å². The van der Waals surface area contributed by atoms with Crippen LogP contribution in [-0.4, -0.2) is 13.0 Å². The maximum absolute atomic E-state index is 13.3. The average Bonchev–Trinajstić information content (AvgIpc) is 2.18. The Hall–Kier alpha value is -1.62. The molecule has 1 aromatic rings. The third kappa shape index (κ3) is 2.20. The number of aryl methyl sites for hydroxylation is 1. The molecule has 0 aliphatic rings. The molecule has 76 valence electrons. The van der Waals surface area contributed by atoms with Gasteiger partial charge in [-0.2, -0.15) is 0 Å². The van der Waals surface area contributed by atoms with Crippen molar-refractivity contribution in [3.05, 3.63) is 29.6 Å². The van der Waals surface area contributed by atoms with E-state index in [0.29, 0.717) is 11.6 Å². The normalized spacial score (nSPS) is 11.3. The van der Waals surface area contributed by atoms with Crippen molar-refractivity contribution in [2.75, 3.05) is 12.4 Å². The zero-order valence-electron chi connectivity index (χ0n) is 8.13. The van der Waals surface area contributed by atoms with E-state index in [0.717, 1.165) is 5.56 Å². The van der Waals surface area contributed by atoms with E-state index in [2.05, 4.69) is 15.7 Å². The zero-order valence-corrected chi connectivity index (χ0v) is 8.13. The van der Waals surface area contributed by atoms with Crippen molar-refractivity contribution in [1.82, 2.24) is 5.43 Å². The summed E-state index contributed by atoms with van der Waals surface area (Å²) < 4.78 is 13.3. The van der Waals surface area contributed by atoms with E-state index in [1.54, 1.807) is 26.1 Å². The number of para-hydroxylation sites is 1. The molecule has 1 aromatic carbocycles. The van der Waals surface area contributed by atoms with Gasteiger partial charge in [-0.3, -0.25) is 10.4 Å². The van der Waals surface area contributed by atoms with Gasteiger partial charge in [0.2, 0.25) is 5.96 Å². The molecule has 0 saturated heterocycles. The van der Waals surface area contributed by atoms with Gasteiger partial charge in [-0.15, -0.1) is 0 Å². The zero-order chi connectivity index (χ0) is 10.6. The third-order valence-corrected chi connectivity index (χ3v) is 1.83. The van der Waals surface area contributed by atoms with E-state index in [-0.39, 0.29) is 5.82 Å². The Morgan fingerprint density at radius 3 is 2.71 bits per heavy atom. The smallest absolute Gasteiger partial charge is 0.210 e. The van der Waals surface area contributed by atoms with Gasteiger partial charge in [-0.05, 0) is 18.6 Å². The van der Waals surface area contributed by atoms with Crippen LogP contribution in [-0.2, 0) is 0 Å². The molecule has 0 radical (unpaired) electrons. The highest BCUT2D eigenvalue weighted by atomic mass is 19.1. The average molecular weight is 196 g/mol. The molecule has 1 rings (SSSR count). The Balaban J connectivity index is 2.96. The fraction of sp³-hybridized carbons (Fsp3) is 0.222. The van der Waals surface area contributed by atoms with E-state index in [1.165, 1.54) is 6.07 Å². The van der Waals surface area contributed by atoms with Crippen molar-refractivity contribution in [2.45, 2.75) is 6.92 Å². The minimum absolute atomic E-state index is 0.318. The first-order valence-electron chi connectivity index (χ1n) is 4.14. The van der Waals surface area contributed by atoms with Gasteiger partial charge in [-0.1, -0.05) is 12.1 Å². The lowest BCUT2D eigenvalue weighted by Gasteiger charge is -2.11. The van der Waals surface area contributed by atoms with Gasteiger partial charge in [-0.25, -0.2) is 10.2 Å². The van der Waals surface area contributed by atoms with Crippen molar-refractivity contribution >= 4 is 11.6 Å². The summed E-state index contributed by atoms with van der Waals surface area (Å²) in [6, 6.07) is 4.82. The topological polar surface area (TPSA) is 62.4 Å². The predicted molar refractivity (Wildman–Crippen MR) is 55.4 cm³/mol. The summed E-state index contributed by atoms with van der Waals surface area (Å²) in [4.78, 5) is 3.79. The minimum Gasteiger partial charge on any atom is -0.323 e. The molecule has 0 bridgehead atoms. The molecule has 0 unspecified atom stereocenters. The van der Waals surface area contributed by atoms with E-state index in [1.807, 2.05) is 0 Å². The SMILES string of the molecule is CN=C(NN)Nc1c(C)cccc1F. The molecule has 0 aliphatic carbocycles. The quantitative estimate of drug-likeness (QED) is 0.272. The van der Waals surface area contributed by atoms with Crippen LogP contribution in [0, 0.1) is 12.7 Å². The van der Waals surface area contributed by atoms with Crippen LogP contribution in [0.1, 0.15) is 5.56 Å². The molecule has 0 fully saturated rings. The monoisotopic (exact) mass is 196 g/mol. The van der Waals surface area contributed by atoms with Crippen molar-refractivity contribution in [1.29, 1.82) is 0 Å². The second-order valence-electron chi connectivity index (χ2n) is 2.77. The molecular weight excluding hydrogens is 183 g/mol. The van der Waals surface area contributed by atoms with Gasteiger partial charge in [0.1, 0.15) is 5.82 Å². The number of hydrogen-bond acceptors (Lipinski definition) is 2. The Kier molecular flexibility index (Phi) is 3.41. The second-order valence-corrected chi connectivity index (χ2v) is 2.77. The van der Waals surface area contributed by atoms with Crippen LogP contribution in [0.2, 0.25) is 0 Å². The number of guanidine groups is 1. The molecule has 0 spiro atoms.